The van der Waals surface area contributed by atoms with Crippen LogP contribution in [0.4, 0.5) is 17.1 Å². The number of carbonyl (C=O) groups is 3. The van der Waals surface area contributed by atoms with E-state index in [4.69, 9.17) is 27.9 Å². The number of aryl methyl sites for hydroxylation is 1. The minimum absolute atomic E-state index is 0.00624. The average molecular weight is 466 g/mol. The van der Waals surface area contributed by atoms with E-state index in [9.17, 15) is 24.5 Å². The molecule has 9 nitrogen and oxygen atoms in total. The molecule has 11 heteroatoms. The highest BCUT2D eigenvalue weighted by molar-refractivity contribution is 6.42. The molecule has 0 aromatic heterocycles. The van der Waals surface area contributed by atoms with Crippen LogP contribution >= 0.6 is 23.2 Å². The average Bonchev–Trinajstić information content (AvgIpc) is 3.11. The monoisotopic (exact) mass is 465 g/mol. The summed E-state index contributed by atoms with van der Waals surface area (Å²) < 4.78 is 5.03. The molecule has 1 fully saturated rings. The number of nitro groups is 1. The Labute approximate surface area is 187 Å². The number of hydrogen-bond acceptors (Lipinski definition) is 6. The topological polar surface area (TPSA) is 119 Å². The van der Waals surface area contributed by atoms with Crippen molar-refractivity contribution in [1.29, 1.82) is 0 Å². The quantitative estimate of drug-likeness (QED) is 0.394. The van der Waals surface area contributed by atoms with Crippen LogP contribution in [0, 0.1) is 23.0 Å². The number of nitro benzene ring substituents is 1. The van der Waals surface area contributed by atoms with Crippen molar-refractivity contribution in [2.24, 2.45) is 5.92 Å². The van der Waals surface area contributed by atoms with E-state index in [2.05, 4.69) is 5.32 Å². The zero-order valence-electron chi connectivity index (χ0n) is 16.3. The molecule has 162 valence electrons. The maximum absolute atomic E-state index is 12.3. The van der Waals surface area contributed by atoms with Crippen molar-refractivity contribution in [3.63, 3.8) is 0 Å². The molecule has 1 atom stereocenters. The van der Waals surface area contributed by atoms with Crippen LogP contribution in [0.2, 0.25) is 10.0 Å². The highest BCUT2D eigenvalue weighted by Gasteiger charge is 2.37. The largest absolute Gasteiger partial charge is 0.455 e. The van der Waals surface area contributed by atoms with Crippen molar-refractivity contribution in [3.8, 4) is 0 Å². The fourth-order valence-corrected chi connectivity index (χ4v) is 3.40. The van der Waals surface area contributed by atoms with Crippen molar-refractivity contribution in [3.05, 3.63) is 62.1 Å². The van der Waals surface area contributed by atoms with E-state index in [1.165, 1.54) is 23.1 Å². The zero-order valence-corrected chi connectivity index (χ0v) is 17.8. The van der Waals surface area contributed by atoms with Gasteiger partial charge in [-0.15, -0.1) is 0 Å². The Morgan fingerprint density at radius 3 is 2.65 bits per heavy atom. The zero-order chi connectivity index (χ0) is 22.7. The van der Waals surface area contributed by atoms with Gasteiger partial charge >= 0.3 is 5.97 Å². The van der Waals surface area contributed by atoms with Gasteiger partial charge in [0.2, 0.25) is 5.91 Å². The summed E-state index contributed by atoms with van der Waals surface area (Å²) in [5, 5.41) is 14.3. The summed E-state index contributed by atoms with van der Waals surface area (Å²) in [6, 6.07) is 8.93. The number of anilines is 2. The normalized spacial score (nSPS) is 15.6. The third-order valence-electron chi connectivity index (χ3n) is 4.71. The second-order valence-electron chi connectivity index (χ2n) is 6.92. The molecule has 1 heterocycles. The standard InChI is InChI=1S/C20H17Cl2N3O6/c1-11-2-4-14(8-17(11)25(29)30)24-9-12(6-19(24)27)20(28)31-10-18(26)23-13-3-5-15(21)16(22)7-13/h2-5,7-8,12H,6,9-10H2,1H3,(H,23,26)/t12-/m1/s1. The van der Waals surface area contributed by atoms with Gasteiger partial charge in [-0.2, -0.15) is 0 Å². The molecular weight excluding hydrogens is 449 g/mol. The van der Waals surface area contributed by atoms with Gasteiger partial charge in [-0.3, -0.25) is 24.5 Å². The first kappa shape index (κ1) is 22.5. The highest BCUT2D eigenvalue weighted by atomic mass is 35.5. The lowest BCUT2D eigenvalue weighted by molar-refractivity contribution is -0.385. The molecule has 0 spiro atoms. The van der Waals surface area contributed by atoms with Crippen LogP contribution in [0.5, 0.6) is 0 Å². The summed E-state index contributed by atoms with van der Waals surface area (Å²) in [6.07, 6.45) is -0.116. The van der Waals surface area contributed by atoms with Crippen molar-refractivity contribution < 1.29 is 24.0 Å². The Bertz CT molecular complexity index is 1070. The molecule has 1 aliphatic heterocycles. The third kappa shape index (κ3) is 5.31. The molecular formula is C20H17Cl2N3O6. The summed E-state index contributed by atoms with van der Waals surface area (Å²) >= 11 is 11.7. The van der Waals surface area contributed by atoms with Crippen LogP contribution in [0.15, 0.2) is 36.4 Å². The summed E-state index contributed by atoms with van der Waals surface area (Å²) in [5.74, 6) is -2.44. The second kappa shape index (κ2) is 9.32. The number of halogens is 2. The van der Waals surface area contributed by atoms with Gasteiger partial charge in [-0.1, -0.05) is 29.3 Å². The van der Waals surface area contributed by atoms with Crippen LogP contribution in [0.1, 0.15) is 12.0 Å². The van der Waals surface area contributed by atoms with Crippen LogP contribution < -0.4 is 10.2 Å². The molecule has 0 aliphatic carbocycles. The Hall–Kier alpha value is -3.17. The summed E-state index contributed by atoms with van der Waals surface area (Å²) in [7, 11) is 0. The molecule has 0 saturated carbocycles. The number of esters is 1. The van der Waals surface area contributed by atoms with Gasteiger partial charge < -0.3 is 15.0 Å². The molecule has 2 amide bonds. The van der Waals surface area contributed by atoms with Crippen LogP contribution in [-0.4, -0.2) is 35.9 Å². The van der Waals surface area contributed by atoms with E-state index in [0.717, 1.165) is 0 Å². The Morgan fingerprint density at radius 1 is 1.23 bits per heavy atom. The number of hydrogen-bond donors (Lipinski definition) is 1. The smallest absolute Gasteiger partial charge is 0.311 e. The molecule has 1 N–H and O–H groups in total. The molecule has 2 aromatic carbocycles. The molecule has 1 aliphatic rings. The summed E-state index contributed by atoms with van der Waals surface area (Å²) in [5.41, 5.74) is 1.06. The maximum atomic E-state index is 12.3. The van der Waals surface area contributed by atoms with Gasteiger partial charge in [0.05, 0.1) is 26.6 Å². The minimum Gasteiger partial charge on any atom is -0.455 e. The molecule has 3 rings (SSSR count). The first-order chi connectivity index (χ1) is 14.7. The molecule has 0 unspecified atom stereocenters. The van der Waals surface area contributed by atoms with Crippen LogP contribution in [0.3, 0.4) is 0 Å². The van der Waals surface area contributed by atoms with Gasteiger partial charge in [0, 0.05) is 30.3 Å². The Kier molecular flexibility index (Phi) is 6.77. The van der Waals surface area contributed by atoms with Gasteiger partial charge in [-0.05, 0) is 31.2 Å². The van der Waals surface area contributed by atoms with E-state index in [1.807, 2.05) is 0 Å². The van der Waals surface area contributed by atoms with Crippen molar-refractivity contribution in [2.45, 2.75) is 13.3 Å². The number of ether oxygens (including phenoxy) is 1. The van der Waals surface area contributed by atoms with E-state index >= 15 is 0 Å². The first-order valence-electron chi connectivity index (χ1n) is 9.12. The van der Waals surface area contributed by atoms with Crippen LogP contribution in [-0.2, 0) is 19.1 Å². The number of nitrogens with zero attached hydrogens (tertiary/aromatic N) is 2. The first-order valence-corrected chi connectivity index (χ1v) is 9.88. The van der Waals surface area contributed by atoms with Crippen LogP contribution in [0.25, 0.3) is 0 Å². The predicted molar refractivity (Wildman–Crippen MR) is 114 cm³/mol. The number of amides is 2. The van der Waals surface area contributed by atoms with E-state index in [0.29, 0.717) is 22.0 Å². The Balaban J connectivity index is 1.57. The summed E-state index contributed by atoms with van der Waals surface area (Å²) in [4.78, 5) is 48.6. The van der Waals surface area contributed by atoms with Crippen molar-refractivity contribution in [2.75, 3.05) is 23.4 Å². The molecule has 1 saturated heterocycles. The number of nitrogens with one attached hydrogen (secondary N) is 1. The van der Waals surface area contributed by atoms with E-state index in [-0.39, 0.29) is 29.6 Å². The SMILES string of the molecule is Cc1ccc(N2C[C@H](C(=O)OCC(=O)Nc3ccc(Cl)c(Cl)c3)CC2=O)cc1[N+](=O)[O-]. The molecule has 0 bridgehead atoms. The van der Waals surface area contributed by atoms with Gasteiger partial charge in [0.1, 0.15) is 0 Å². The van der Waals surface area contributed by atoms with E-state index < -0.39 is 29.3 Å². The predicted octanol–water partition coefficient (Wildman–Crippen LogP) is 3.74. The van der Waals surface area contributed by atoms with Crippen molar-refractivity contribution in [1.82, 2.24) is 0 Å². The fourth-order valence-electron chi connectivity index (χ4n) is 3.10. The van der Waals surface area contributed by atoms with Gasteiger partial charge in [-0.25, -0.2) is 0 Å². The van der Waals surface area contributed by atoms with Gasteiger partial charge in [0.25, 0.3) is 11.6 Å². The molecule has 2 aromatic rings. The fraction of sp³-hybridized carbons (Fsp3) is 0.250. The maximum Gasteiger partial charge on any atom is 0.311 e. The molecule has 0 radical (unpaired) electrons. The minimum atomic E-state index is -0.786. The second-order valence-corrected chi connectivity index (χ2v) is 7.73. The summed E-state index contributed by atoms with van der Waals surface area (Å²) in [6.45, 7) is 1.06. The van der Waals surface area contributed by atoms with E-state index in [1.54, 1.807) is 25.1 Å². The van der Waals surface area contributed by atoms with Gasteiger partial charge in [0.15, 0.2) is 6.61 Å². The number of benzene rings is 2. The lowest BCUT2D eigenvalue weighted by Crippen LogP contribution is -2.28. The molecule has 31 heavy (non-hydrogen) atoms. The van der Waals surface area contributed by atoms with Crippen molar-refractivity contribution >= 4 is 58.0 Å². The Morgan fingerprint density at radius 2 is 1.97 bits per heavy atom. The third-order valence-corrected chi connectivity index (χ3v) is 5.45. The highest BCUT2D eigenvalue weighted by Crippen LogP contribution is 2.30. The number of carbonyl (C=O) groups excluding carboxylic acids is 3. The number of rotatable bonds is 6. The lowest BCUT2D eigenvalue weighted by atomic mass is 10.1. The lowest BCUT2D eigenvalue weighted by Gasteiger charge is -2.16.